The third-order valence-corrected chi connectivity index (χ3v) is 5.37. The highest BCUT2D eigenvalue weighted by Crippen LogP contribution is 2.19. The molecule has 8 heteroatoms. The standard InChI is InChI=1S/C26H29N5O3/c1-4-20-5-9-23(10-6-20)34-18-31-16-22(15-27-31)28-26(32)25-13-14-30(29-25)17-33-24-11-7-21(8-12-24)19(2)3/h5-16,19H,4,17-18H2,1-3H3,(H,28,32). The first kappa shape index (κ1) is 23.1. The van der Waals surface area contributed by atoms with Crippen molar-refractivity contribution in [2.45, 2.75) is 46.6 Å². The van der Waals surface area contributed by atoms with E-state index < -0.39 is 0 Å². The number of anilines is 1. The van der Waals surface area contributed by atoms with Gasteiger partial charge >= 0.3 is 0 Å². The number of aromatic nitrogens is 4. The van der Waals surface area contributed by atoms with Gasteiger partial charge in [-0.2, -0.15) is 10.2 Å². The highest BCUT2D eigenvalue weighted by molar-refractivity contribution is 6.02. The number of hydrogen-bond acceptors (Lipinski definition) is 5. The first-order valence-corrected chi connectivity index (χ1v) is 11.3. The van der Waals surface area contributed by atoms with Crippen LogP contribution in [0.2, 0.25) is 0 Å². The first-order chi connectivity index (χ1) is 16.5. The summed E-state index contributed by atoms with van der Waals surface area (Å²) in [5, 5.41) is 11.3. The molecule has 0 atom stereocenters. The third kappa shape index (κ3) is 6.04. The third-order valence-electron chi connectivity index (χ3n) is 5.37. The van der Waals surface area contributed by atoms with Crippen LogP contribution in [0.1, 0.15) is 48.3 Å². The molecule has 2 heterocycles. The van der Waals surface area contributed by atoms with E-state index >= 15 is 0 Å². The Bertz CT molecular complexity index is 1210. The number of aryl methyl sites for hydroxylation is 1. The van der Waals surface area contributed by atoms with Crippen molar-refractivity contribution in [2.75, 3.05) is 5.32 Å². The minimum absolute atomic E-state index is 0.211. The molecule has 0 aliphatic rings. The van der Waals surface area contributed by atoms with Crippen molar-refractivity contribution in [3.05, 3.63) is 90.0 Å². The van der Waals surface area contributed by atoms with E-state index in [0.29, 0.717) is 17.3 Å². The largest absolute Gasteiger partial charge is 0.471 e. The number of amides is 1. The number of nitrogens with zero attached hydrogens (tertiary/aromatic N) is 4. The number of carbonyl (C=O) groups is 1. The second-order valence-corrected chi connectivity index (χ2v) is 8.23. The second kappa shape index (κ2) is 10.7. The maximum absolute atomic E-state index is 12.6. The minimum atomic E-state index is -0.323. The number of rotatable bonds is 10. The first-order valence-electron chi connectivity index (χ1n) is 11.3. The molecule has 2 aromatic heterocycles. The summed E-state index contributed by atoms with van der Waals surface area (Å²) in [6.07, 6.45) is 5.97. The molecule has 0 bridgehead atoms. The summed E-state index contributed by atoms with van der Waals surface area (Å²) in [4.78, 5) is 12.6. The molecule has 176 valence electrons. The van der Waals surface area contributed by atoms with E-state index in [0.717, 1.165) is 17.9 Å². The van der Waals surface area contributed by atoms with Gasteiger partial charge in [-0.05, 0) is 53.8 Å². The summed E-state index contributed by atoms with van der Waals surface area (Å²) in [6.45, 7) is 6.86. The maximum Gasteiger partial charge on any atom is 0.276 e. The van der Waals surface area contributed by atoms with Gasteiger partial charge in [0.2, 0.25) is 0 Å². The molecule has 1 N–H and O–H groups in total. The number of ether oxygens (including phenoxy) is 2. The van der Waals surface area contributed by atoms with Gasteiger partial charge < -0.3 is 14.8 Å². The molecule has 4 rings (SSSR count). The SMILES string of the molecule is CCc1ccc(OCn2cc(NC(=O)c3ccn(COc4ccc(C(C)C)cc4)n3)cn2)cc1. The fraction of sp³-hybridized carbons (Fsp3) is 0.269. The summed E-state index contributed by atoms with van der Waals surface area (Å²) in [5.41, 5.74) is 3.36. The molecule has 0 radical (unpaired) electrons. The number of hydrogen-bond donors (Lipinski definition) is 1. The molecule has 0 spiro atoms. The topological polar surface area (TPSA) is 83.2 Å². The fourth-order valence-electron chi connectivity index (χ4n) is 3.30. The Balaban J connectivity index is 1.26. The lowest BCUT2D eigenvalue weighted by Crippen LogP contribution is -2.14. The van der Waals surface area contributed by atoms with E-state index in [2.05, 4.69) is 48.4 Å². The lowest BCUT2D eigenvalue weighted by atomic mass is 10.0. The summed E-state index contributed by atoms with van der Waals surface area (Å²) in [7, 11) is 0. The van der Waals surface area contributed by atoms with Crippen molar-refractivity contribution in [1.82, 2.24) is 19.6 Å². The molecule has 1 amide bonds. The molecule has 0 unspecified atom stereocenters. The Hall–Kier alpha value is -4.07. The Morgan fingerprint density at radius 3 is 2.24 bits per heavy atom. The second-order valence-electron chi connectivity index (χ2n) is 8.23. The number of carbonyl (C=O) groups excluding carboxylic acids is 1. The van der Waals surface area contributed by atoms with E-state index in [-0.39, 0.29) is 19.4 Å². The van der Waals surface area contributed by atoms with Crippen molar-refractivity contribution in [3.8, 4) is 11.5 Å². The van der Waals surface area contributed by atoms with E-state index in [1.165, 1.54) is 11.1 Å². The van der Waals surface area contributed by atoms with Crippen LogP contribution in [0.15, 0.2) is 73.2 Å². The van der Waals surface area contributed by atoms with E-state index in [9.17, 15) is 4.79 Å². The maximum atomic E-state index is 12.6. The average molecular weight is 460 g/mol. The lowest BCUT2D eigenvalue weighted by Gasteiger charge is -2.09. The molecule has 0 aliphatic carbocycles. The Labute approximate surface area is 199 Å². The van der Waals surface area contributed by atoms with Gasteiger partial charge in [-0.15, -0.1) is 0 Å². The molecule has 34 heavy (non-hydrogen) atoms. The van der Waals surface area contributed by atoms with Crippen LogP contribution in [0, 0.1) is 0 Å². The van der Waals surface area contributed by atoms with Gasteiger partial charge in [0.05, 0.1) is 18.1 Å². The summed E-state index contributed by atoms with van der Waals surface area (Å²) in [6, 6.07) is 17.6. The highest BCUT2D eigenvalue weighted by atomic mass is 16.5. The Morgan fingerprint density at radius 2 is 1.59 bits per heavy atom. The van der Waals surface area contributed by atoms with Gasteiger partial charge in [-0.25, -0.2) is 9.36 Å². The van der Waals surface area contributed by atoms with Gasteiger partial charge in [0.25, 0.3) is 5.91 Å². The molecule has 0 saturated carbocycles. The average Bonchev–Trinajstić information content (AvgIpc) is 3.51. The van der Waals surface area contributed by atoms with Crippen LogP contribution in [-0.4, -0.2) is 25.5 Å². The summed E-state index contributed by atoms with van der Waals surface area (Å²) in [5.74, 6) is 1.67. The van der Waals surface area contributed by atoms with Crippen LogP contribution in [-0.2, 0) is 19.9 Å². The van der Waals surface area contributed by atoms with E-state index in [4.69, 9.17) is 9.47 Å². The zero-order chi connectivity index (χ0) is 23.9. The molecular formula is C26H29N5O3. The van der Waals surface area contributed by atoms with Gasteiger partial charge in [-0.3, -0.25) is 4.79 Å². The van der Waals surface area contributed by atoms with Gasteiger partial charge in [0.15, 0.2) is 19.2 Å². The van der Waals surface area contributed by atoms with Crippen LogP contribution >= 0.6 is 0 Å². The Morgan fingerprint density at radius 1 is 0.941 bits per heavy atom. The zero-order valence-electron chi connectivity index (χ0n) is 19.6. The normalized spacial score (nSPS) is 10.9. The van der Waals surface area contributed by atoms with Crippen LogP contribution in [0.5, 0.6) is 11.5 Å². The zero-order valence-corrected chi connectivity index (χ0v) is 19.6. The van der Waals surface area contributed by atoms with E-state index in [1.807, 2.05) is 36.4 Å². The predicted molar refractivity (Wildman–Crippen MR) is 130 cm³/mol. The fourth-order valence-corrected chi connectivity index (χ4v) is 3.30. The van der Waals surface area contributed by atoms with Gasteiger partial charge in [0.1, 0.15) is 11.5 Å². The summed E-state index contributed by atoms with van der Waals surface area (Å²) < 4.78 is 14.7. The molecular weight excluding hydrogens is 430 g/mol. The number of benzene rings is 2. The van der Waals surface area contributed by atoms with Gasteiger partial charge in [-0.1, -0.05) is 45.0 Å². The van der Waals surface area contributed by atoms with Crippen LogP contribution in [0.4, 0.5) is 5.69 Å². The summed E-state index contributed by atoms with van der Waals surface area (Å²) >= 11 is 0. The predicted octanol–water partition coefficient (Wildman–Crippen LogP) is 5.09. The lowest BCUT2D eigenvalue weighted by molar-refractivity contribution is 0.102. The van der Waals surface area contributed by atoms with Crippen molar-refractivity contribution < 1.29 is 14.3 Å². The molecule has 4 aromatic rings. The van der Waals surface area contributed by atoms with Crippen molar-refractivity contribution in [1.29, 1.82) is 0 Å². The van der Waals surface area contributed by atoms with Crippen LogP contribution in [0.25, 0.3) is 0 Å². The molecule has 0 fully saturated rings. The monoisotopic (exact) mass is 459 g/mol. The quantitative estimate of drug-likeness (QED) is 0.357. The van der Waals surface area contributed by atoms with Crippen molar-refractivity contribution >= 4 is 11.6 Å². The van der Waals surface area contributed by atoms with Crippen LogP contribution in [0.3, 0.4) is 0 Å². The smallest absolute Gasteiger partial charge is 0.276 e. The molecule has 0 saturated heterocycles. The minimum Gasteiger partial charge on any atom is -0.471 e. The van der Waals surface area contributed by atoms with Crippen molar-refractivity contribution in [3.63, 3.8) is 0 Å². The molecule has 2 aromatic carbocycles. The molecule has 0 aliphatic heterocycles. The van der Waals surface area contributed by atoms with Gasteiger partial charge in [0, 0.05) is 6.20 Å². The molecule has 8 nitrogen and oxygen atoms in total. The van der Waals surface area contributed by atoms with E-state index in [1.54, 1.807) is 34.0 Å². The Kier molecular flexibility index (Phi) is 7.27. The van der Waals surface area contributed by atoms with Crippen LogP contribution < -0.4 is 14.8 Å². The highest BCUT2D eigenvalue weighted by Gasteiger charge is 2.11. The van der Waals surface area contributed by atoms with Crippen molar-refractivity contribution in [2.24, 2.45) is 0 Å². The number of nitrogens with one attached hydrogen (secondary N) is 1.